The summed E-state index contributed by atoms with van der Waals surface area (Å²) in [6, 6.07) is 2.26. The number of anilines is 2. The Bertz CT molecular complexity index is 726. The van der Waals surface area contributed by atoms with Crippen LogP contribution < -0.4 is 10.5 Å². The van der Waals surface area contributed by atoms with Crippen molar-refractivity contribution in [3.05, 3.63) is 17.1 Å². The van der Waals surface area contributed by atoms with Crippen molar-refractivity contribution in [3.63, 3.8) is 0 Å². The zero-order valence-corrected chi connectivity index (χ0v) is 11.3. The van der Waals surface area contributed by atoms with E-state index in [0.29, 0.717) is 5.01 Å². The van der Waals surface area contributed by atoms with E-state index in [1.165, 1.54) is 6.07 Å². The number of aromatic nitrogens is 2. The molecule has 0 spiro atoms. The Morgan fingerprint density at radius 3 is 2.53 bits per heavy atom. The molecule has 1 aromatic carbocycles. The maximum Gasteiger partial charge on any atom is 0.267 e. The van der Waals surface area contributed by atoms with Crippen molar-refractivity contribution in [1.82, 2.24) is 10.2 Å². The third-order valence-electron chi connectivity index (χ3n) is 2.18. The van der Waals surface area contributed by atoms with Gasteiger partial charge in [-0.05, 0) is 19.1 Å². The molecule has 0 saturated heterocycles. The van der Waals surface area contributed by atoms with Gasteiger partial charge in [0.05, 0.1) is 5.69 Å². The third-order valence-corrected chi connectivity index (χ3v) is 4.44. The van der Waals surface area contributed by atoms with Crippen LogP contribution in [-0.2, 0) is 10.0 Å². The number of nitrogens with zero attached hydrogens (tertiary/aromatic N) is 2. The lowest BCUT2D eigenvalue weighted by Crippen LogP contribution is -2.13. The van der Waals surface area contributed by atoms with Crippen LogP contribution in [0.25, 0.3) is 0 Å². The molecule has 0 aliphatic rings. The lowest BCUT2D eigenvalue weighted by Gasteiger charge is -2.09. The summed E-state index contributed by atoms with van der Waals surface area (Å²) < 4.78 is 26.2. The van der Waals surface area contributed by atoms with Gasteiger partial charge < -0.3 is 15.9 Å². The van der Waals surface area contributed by atoms with Crippen LogP contribution in [0.3, 0.4) is 0 Å². The first kappa shape index (κ1) is 13.4. The molecule has 5 N–H and O–H groups in total. The smallest absolute Gasteiger partial charge is 0.267 e. The molecular weight excluding hydrogens is 292 g/mol. The zero-order valence-electron chi connectivity index (χ0n) is 9.65. The summed E-state index contributed by atoms with van der Waals surface area (Å²) in [6.45, 7) is 1.67. The highest BCUT2D eigenvalue weighted by molar-refractivity contribution is 7.93. The Labute approximate surface area is 112 Å². The topological polar surface area (TPSA) is 138 Å². The van der Waals surface area contributed by atoms with Crippen LogP contribution in [-0.4, -0.2) is 28.8 Å². The number of hydrogen-bond acceptors (Lipinski definition) is 8. The largest absolute Gasteiger partial charge is 0.503 e. The highest BCUT2D eigenvalue weighted by Gasteiger charge is 2.23. The third kappa shape index (κ3) is 2.53. The van der Waals surface area contributed by atoms with Crippen LogP contribution in [0, 0.1) is 6.92 Å². The van der Waals surface area contributed by atoms with Crippen molar-refractivity contribution in [3.8, 4) is 11.5 Å². The predicted molar refractivity (Wildman–Crippen MR) is 69.6 cm³/mol. The van der Waals surface area contributed by atoms with Crippen molar-refractivity contribution in [1.29, 1.82) is 0 Å². The van der Waals surface area contributed by atoms with E-state index in [0.717, 1.165) is 17.4 Å². The van der Waals surface area contributed by atoms with Gasteiger partial charge in [0.25, 0.3) is 10.0 Å². The SMILES string of the molecule is Cc1nnc(NS(=O)(=O)c2ccc(N)c(O)c2O)s1. The van der Waals surface area contributed by atoms with E-state index in [4.69, 9.17) is 5.73 Å². The second-order valence-corrected chi connectivity index (χ2v) is 6.41. The van der Waals surface area contributed by atoms with Crippen LogP contribution in [0.4, 0.5) is 10.8 Å². The van der Waals surface area contributed by atoms with Gasteiger partial charge in [0, 0.05) is 0 Å². The second kappa shape index (κ2) is 4.55. The van der Waals surface area contributed by atoms with Crippen LogP contribution in [0.5, 0.6) is 11.5 Å². The van der Waals surface area contributed by atoms with Gasteiger partial charge in [-0.25, -0.2) is 8.42 Å². The van der Waals surface area contributed by atoms with Gasteiger partial charge in [-0.1, -0.05) is 11.3 Å². The van der Waals surface area contributed by atoms with Crippen LogP contribution in [0.2, 0.25) is 0 Å². The van der Waals surface area contributed by atoms with E-state index in [-0.39, 0.29) is 10.8 Å². The summed E-state index contributed by atoms with van der Waals surface area (Å²) in [6.07, 6.45) is 0. The van der Waals surface area contributed by atoms with E-state index >= 15 is 0 Å². The van der Waals surface area contributed by atoms with Crippen molar-refractivity contribution < 1.29 is 18.6 Å². The molecule has 0 bridgehead atoms. The van der Waals surface area contributed by atoms with E-state index in [9.17, 15) is 18.6 Å². The van der Waals surface area contributed by atoms with Crippen LogP contribution in [0.1, 0.15) is 5.01 Å². The standard InChI is InChI=1S/C9H10N4O4S2/c1-4-11-12-9(18-4)13-19(16,17)6-3-2-5(10)7(14)8(6)15/h2-3,14-15H,10H2,1H3,(H,12,13). The molecule has 2 aromatic rings. The van der Waals surface area contributed by atoms with E-state index in [2.05, 4.69) is 14.9 Å². The van der Waals surface area contributed by atoms with E-state index < -0.39 is 26.4 Å². The minimum Gasteiger partial charge on any atom is -0.503 e. The summed E-state index contributed by atoms with van der Waals surface area (Å²) in [5.74, 6) is -1.50. The number of phenols is 2. The Hall–Kier alpha value is -2.07. The van der Waals surface area contributed by atoms with Gasteiger partial charge in [-0.3, -0.25) is 4.72 Å². The van der Waals surface area contributed by atoms with E-state index in [1.807, 2.05) is 0 Å². The van der Waals surface area contributed by atoms with Gasteiger partial charge >= 0.3 is 0 Å². The number of aryl methyl sites for hydroxylation is 1. The summed E-state index contributed by atoms with van der Waals surface area (Å²) in [7, 11) is -4.08. The molecule has 1 aromatic heterocycles. The fourth-order valence-electron chi connectivity index (χ4n) is 1.30. The number of sulfonamides is 1. The molecular formula is C9H10N4O4S2. The average Bonchev–Trinajstić information content (AvgIpc) is 2.70. The molecule has 8 nitrogen and oxygen atoms in total. The normalized spacial score (nSPS) is 11.4. The molecule has 1 heterocycles. The lowest BCUT2D eigenvalue weighted by molar-refractivity contribution is 0.395. The molecule has 0 saturated carbocycles. The Balaban J connectivity index is 2.43. The van der Waals surface area contributed by atoms with Crippen molar-refractivity contribution >= 4 is 32.2 Å². The molecule has 19 heavy (non-hydrogen) atoms. The molecule has 0 amide bonds. The summed E-state index contributed by atoms with van der Waals surface area (Å²) in [5, 5.41) is 27.0. The number of rotatable bonds is 3. The maximum absolute atomic E-state index is 12.0. The van der Waals surface area contributed by atoms with Crippen LogP contribution in [0.15, 0.2) is 17.0 Å². The fourth-order valence-corrected chi connectivity index (χ4v) is 3.22. The number of hydrogen-bond donors (Lipinski definition) is 4. The van der Waals surface area contributed by atoms with E-state index in [1.54, 1.807) is 6.92 Å². The maximum atomic E-state index is 12.0. The lowest BCUT2D eigenvalue weighted by atomic mass is 10.3. The molecule has 0 atom stereocenters. The fraction of sp³-hybridized carbons (Fsp3) is 0.111. The highest BCUT2D eigenvalue weighted by atomic mass is 32.2. The number of nitrogens with two attached hydrogens (primary N) is 1. The Kier molecular flexibility index (Phi) is 3.20. The number of aromatic hydroxyl groups is 2. The molecule has 0 fully saturated rings. The predicted octanol–water partition coefficient (Wildman–Crippen LogP) is 0.641. The first-order chi connectivity index (χ1) is 8.81. The summed E-state index contributed by atoms with van der Waals surface area (Å²) in [4.78, 5) is -0.493. The highest BCUT2D eigenvalue weighted by Crippen LogP contribution is 2.37. The second-order valence-electron chi connectivity index (χ2n) is 3.58. The minimum absolute atomic E-state index is 0.0632. The number of nitrogen functional groups attached to an aromatic ring is 1. The van der Waals surface area contributed by atoms with Crippen molar-refractivity contribution in [2.24, 2.45) is 0 Å². The molecule has 2 rings (SSSR count). The number of benzene rings is 1. The van der Waals surface area contributed by atoms with Gasteiger partial charge in [0.15, 0.2) is 11.5 Å². The van der Waals surface area contributed by atoms with Crippen molar-refractivity contribution in [2.75, 3.05) is 10.5 Å². The quantitative estimate of drug-likeness (QED) is 0.482. The van der Waals surface area contributed by atoms with Crippen LogP contribution >= 0.6 is 11.3 Å². The first-order valence-corrected chi connectivity index (χ1v) is 7.24. The van der Waals surface area contributed by atoms with Gasteiger partial charge in [-0.2, -0.15) is 0 Å². The molecule has 0 unspecified atom stereocenters. The van der Waals surface area contributed by atoms with Crippen molar-refractivity contribution in [2.45, 2.75) is 11.8 Å². The minimum atomic E-state index is -4.08. The first-order valence-electron chi connectivity index (χ1n) is 4.94. The molecule has 0 radical (unpaired) electrons. The Morgan fingerprint density at radius 1 is 1.26 bits per heavy atom. The summed E-state index contributed by atoms with van der Waals surface area (Å²) in [5.41, 5.74) is 5.22. The molecule has 102 valence electrons. The molecule has 0 aliphatic heterocycles. The van der Waals surface area contributed by atoms with Gasteiger partial charge in [0.1, 0.15) is 9.90 Å². The summed E-state index contributed by atoms with van der Waals surface area (Å²) >= 11 is 1.04. The monoisotopic (exact) mass is 302 g/mol. The zero-order chi connectivity index (χ0) is 14.2. The molecule has 10 heteroatoms. The molecule has 0 aliphatic carbocycles. The van der Waals surface area contributed by atoms with Gasteiger partial charge in [-0.15, -0.1) is 10.2 Å². The Morgan fingerprint density at radius 2 is 1.95 bits per heavy atom. The number of nitrogens with one attached hydrogen (secondary N) is 1. The van der Waals surface area contributed by atoms with Gasteiger partial charge in [0.2, 0.25) is 5.13 Å². The average molecular weight is 302 g/mol. The number of phenolic OH excluding ortho intramolecular Hbond substituents is 2.